The van der Waals surface area contributed by atoms with E-state index in [0.717, 1.165) is 43.5 Å². The van der Waals surface area contributed by atoms with Gasteiger partial charge in [-0.1, -0.05) is 25.5 Å². The van der Waals surface area contributed by atoms with E-state index in [1.54, 1.807) is 12.1 Å². The molecule has 146 valence electrons. The normalized spacial score (nSPS) is 16.5. The monoisotopic (exact) mass is 382 g/mol. The van der Waals surface area contributed by atoms with Crippen molar-refractivity contribution in [1.29, 1.82) is 0 Å². The fraction of sp³-hybridized carbons (Fsp3) is 0.368. The number of hydrogen-bond acceptors (Lipinski definition) is 7. The summed E-state index contributed by atoms with van der Waals surface area (Å²) >= 11 is 0. The van der Waals surface area contributed by atoms with E-state index in [4.69, 9.17) is 5.73 Å². The number of hydrogen-bond donors (Lipinski definition) is 3. The van der Waals surface area contributed by atoms with Crippen LogP contribution >= 0.6 is 0 Å². The molecule has 8 nitrogen and oxygen atoms in total. The number of nitrogens with two attached hydrogens (primary N) is 1. The average Bonchev–Trinajstić information content (AvgIpc) is 3.32. The highest BCUT2D eigenvalue weighted by Gasteiger charge is 2.29. The van der Waals surface area contributed by atoms with E-state index in [-0.39, 0.29) is 17.8 Å². The molecular weight excluding hydrogens is 359 g/mol. The topological polar surface area (TPSA) is 109 Å². The van der Waals surface area contributed by atoms with Crippen molar-refractivity contribution in [3.63, 3.8) is 0 Å². The van der Waals surface area contributed by atoms with Crippen molar-refractivity contribution in [2.75, 3.05) is 22.5 Å². The van der Waals surface area contributed by atoms with E-state index in [2.05, 4.69) is 42.3 Å². The minimum absolute atomic E-state index is 0.0804. The summed E-state index contributed by atoms with van der Waals surface area (Å²) in [6.07, 6.45) is 3.90. The van der Waals surface area contributed by atoms with E-state index >= 15 is 0 Å². The van der Waals surface area contributed by atoms with Crippen LogP contribution < -0.4 is 16.0 Å². The lowest BCUT2D eigenvalue weighted by Crippen LogP contribution is -2.25. The van der Waals surface area contributed by atoms with Gasteiger partial charge in [0.1, 0.15) is 5.82 Å². The van der Waals surface area contributed by atoms with Crippen LogP contribution in [0.5, 0.6) is 0 Å². The Morgan fingerprint density at radius 3 is 2.86 bits per heavy atom. The van der Waals surface area contributed by atoms with Crippen molar-refractivity contribution in [2.45, 2.75) is 38.6 Å². The van der Waals surface area contributed by atoms with Crippen molar-refractivity contribution in [1.82, 2.24) is 25.1 Å². The van der Waals surface area contributed by atoms with E-state index in [1.807, 2.05) is 6.07 Å². The fourth-order valence-electron chi connectivity index (χ4n) is 3.54. The Morgan fingerprint density at radius 1 is 1.25 bits per heavy atom. The zero-order chi connectivity index (χ0) is 19.5. The highest BCUT2D eigenvalue weighted by Crippen LogP contribution is 2.35. The molecule has 1 saturated heterocycles. The number of aromatic nitrogens is 5. The summed E-state index contributed by atoms with van der Waals surface area (Å²) < 4.78 is 13.3. The van der Waals surface area contributed by atoms with Crippen LogP contribution in [0.15, 0.2) is 30.3 Å². The summed E-state index contributed by atoms with van der Waals surface area (Å²) in [5.74, 6) is 1.39. The van der Waals surface area contributed by atoms with Crippen molar-refractivity contribution >= 4 is 23.7 Å². The third-order valence-corrected chi connectivity index (χ3v) is 4.80. The maximum Gasteiger partial charge on any atom is 0.235 e. The molecule has 1 fully saturated rings. The van der Waals surface area contributed by atoms with Gasteiger partial charge >= 0.3 is 0 Å². The first-order valence-electron chi connectivity index (χ1n) is 9.47. The Hall–Kier alpha value is -3.23. The van der Waals surface area contributed by atoms with Crippen LogP contribution in [0.1, 0.15) is 43.5 Å². The molecule has 9 heteroatoms. The molecule has 1 unspecified atom stereocenters. The maximum atomic E-state index is 13.3. The number of nitrogens with zero attached hydrogens (tertiary/aromatic N) is 5. The number of nitrogens with one attached hydrogen (secondary N) is 2. The molecule has 1 aliphatic rings. The molecule has 0 radical (unpaired) electrons. The van der Waals surface area contributed by atoms with E-state index in [0.29, 0.717) is 17.7 Å². The number of anilines is 4. The van der Waals surface area contributed by atoms with Crippen LogP contribution in [0.4, 0.5) is 28.1 Å². The number of benzene rings is 1. The summed E-state index contributed by atoms with van der Waals surface area (Å²) in [5, 5.41) is 10.3. The highest BCUT2D eigenvalue weighted by atomic mass is 19.1. The van der Waals surface area contributed by atoms with Gasteiger partial charge in [-0.05, 0) is 37.0 Å². The molecule has 4 rings (SSSR count). The third-order valence-electron chi connectivity index (χ3n) is 4.80. The molecule has 0 saturated carbocycles. The Kier molecular flexibility index (Phi) is 5.05. The first-order valence-corrected chi connectivity index (χ1v) is 9.47. The van der Waals surface area contributed by atoms with Gasteiger partial charge < -0.3 is 16.0 Å². The molecule has 28 heavy (non-hydrogen) atoms. The summed E-state index contributed by atoms with van der Waals surface area (Å²) in [5.41, 5.74) is 8.01. The molecule has 1 aromatic carbocycles. The Morgan fingerprint density at radius 2 is 2.07 bits per heavy atom. The van der Waals surface area contributed by atoms with Gasteiger partial charge in [0, 0.05) is 18.3 Å². The standard InChI is InChI=1S/C19H23FN8/c1-2-4-14-11-16(27-26-14)22-18-23-17(21)24-19(25-18)28-10-3-5-15(28)12-6-8-13(20)9-7-12/h6-9,11,15H,2-5,10H2,1H3,(H4,21,22,23,24,25,26,27). The average molecular weight is 382 g/mol. The predicted octanol–water partition coefficient (Wildman–Crippen LogP) is 3.35. The van der Waals surface area contributed by atoms with Crippen LogP contribution in [0.3, 0.4) is 0 Å². The molecule has 2 aromatic heterocycles. The molecule has 3 heterocycles. The number of nitrogen functional groups attached to an aromatic ring is 1. The van der Waals surface area contributed by atoms with Crippen LogP contribution in [0, 0.1) is 5.82 Å². The number of H-pyrrole nitrogens is 1. The number of aromatic amines is 1. The van der Waals surface area contributed by atoms with Crippen LogP contribution in [0.2, 0.25) is 0 Å². The minimum Gasteiger partial charge on any atom is -0.368 e. The smallest absolute Gasteiger partial charge is 0.235 e. The van der Waals surface area contributed by atoms with Crippen LogP contribution in [0.25, 0.3) is 0 Å². The molecule has 0 aliphatic carbocycles. The van der Waals surface area contributed by atoms with Crippen LogP contribution in [-0.2, 0) is 6.42 Å². The Labute approximate surface area is 162 Å². The van der Waals surface area contributed by atoms with E-state index in [1.165, 1.54) is 12.1 Å². The quantitative estimate of drug-likeness (QED) is 0.600. The SMILES string of the molecule is CCCc1cc(Nc2nc(N)nc(N3CCCC3c3ccc(F)cc3)n2)n[nH]1. The lowest BCUT2D eigenvalue weighted by molar-refractivity contribution is 0.624. The van der Waals surface area contributed by atoms with Crippen molar-refractivity contribution in [2.24, 2.45) is 0 Å². The second-order valence-electron chi connectivity index (χ2n) is 6.87. The fourth-order valence-corrected chi connectivity index (χ4v) is 3.54. The highest BCUT2D eigenvalue weighted by molar-refractivity contribution is 5.52. The van der Waals surface area contributed by atoms with Crippen molar-refractivity contribution < 1.29 is 4.39 Å². The van der Waals surface area contributed by atoms with Gasteiger partial charge in [-0.2, -0.15) is 20.1 Å². The molecule has 1 aliphatic heterocycles. The van der Waals surface area contributed by atoms with E-state index in [9.17, 15) is 4.39 Å². The molecule has 0 bridgehead atoms. The van der Waals surface area contributed by atoms with Gasteiger partial charge in [0.05, 0.1) is 6.04 Å². The minimum atomic E-state index is -0.245. The van der Waals surface area contributed by atoms with Gasteiger partial charge in [-0.25, -0.2) is 4.39 Å². The van der Waals surface area contributed by atoms with Gasteiger partial charge in [0.15, 0.2) is 5.82 Å². The Balaban J connectivity index is 1.57. The predicted molar refractivity (Wildman–Crippen MR) is 106 cm³/mol. The molecule has 4 N–H and O–H groups in total. The van der Waals surface area contributed by atoms with Crippen LogP contribution in [-0.4, -0.2) is 31.7 Å². The second kappa shape index (κ2) is 7.79. The molecule has 0 spiro atoms. The molecule has 0 amide bonds. The number of aryl methyl sites for hydroxylation is 1. The Bertz CT molecular complexity index is 939. The molecule has 1 atom stereocenters. The maximum absolute atomic E-state index is 13.3. The lowest BCUT2D eigenvalue weighted by atomic mass is 10.0. The van der Waals surface area contributed by atoms with Gasteiger partial charge in [-0.3, -0.25) is 5.10 Å². The summed E-state index contributed by atoms with van der Waals surface area (Å²) in [7, 11) is 0. The second-order valence-corrected chi connectivity index (χ2v) is 6.87. The third kappa shape index (κ3) is 3.88. The van der Waals surface area contributed by atoms with Crippen molar-refractivity contribution in [3.8, 4) is 0 Å². The van der Waals surface area contributed by atoms with E-state index < -0.39 is 0 Å². The summed E-state index contributed by atoms with van der Waals surface area (Å²) in [4.78, 5) is 15.1. The first-order chi connectivity index (χ1) is 13.6. The molecule has 3 aromatic rings. The van der Waals surface area contributed by atoms with Gasteiger partial charge in [0.2, 0.25) is 17.8 Å². The summed E-state index contributed by atoms with van der Waals surface area (Å²) in [6.45, 7) is 2.91. The molecular formula is C19H23FN8. The van der Waals surface area contributed by atoms with Gasteiger partial charge in [-0.15, -0.1) is 0 Å². The number of rotatable bonds is 6. The zero-order valence-corrected chi connectivity index (χ0v) is 15.7. The zero-order valence-electron chi connectivity index (χ0n) is 15.7. The van der Waals surface area contributed by atoms with Crippen molar-refractivity contribution in [3.05, 3.63) is 47.4 Å². The largest absolute Gasteiger partial charge is 0.368 e. The lowest BCUT2D eigenvalue weighted by Gasteiger charge is -2.25. The number of halogens is 1. The summed E-state index contributed by atoms with van der Waals surface area (Å²) in [6, 6.07) is 8.58. The van der Waals surface area contributed by atoms with Gasteiger partial charge in [0.25, 0.3) is 0 Å². The first kappa shape index (κ1) is 18.1.